The number of nitriles is 1. The van der Waals surface area contributed by atoms with Gasteiger partial charge in [-0.2, -0.15) is 5.26 Å². The first kappa shape index (κ1) is 27.8. The maximum atomic E-state index is 12.8. The van der Waals surface area contributed by atoms with E-state index in [0.29, 0.717) is 43.3 Å². The molecule has 0 aliphatic heterocycles. The third-order valence-corrected chi connectivity index (χ3v) is 9.34. The number of nitrogens with zero attached hydrogens (tertiary/aromatic N) is 4. The minimum absolute atomic E-state index is 0.141. The first-order valence-electron chi connectivity index (χ1n) is 12.0. The number of hydrogen-bond donors (Lipinski definition) is 1. The molecule has 0 saturated heterocycles. The van der Waals surface area contributed by atoms with Crippen LogP contribution in [0.5, 0.6) is 5.75 Å². The Bertz CT molecular complexity index is 1360. The normalized spacial score (nSPS) is 16.1. The molecule has 2 atom stereocenters. The molecular weight excluding hydrogens is 549 g/mol. The summed E-state index contributed by atoms with van der Waals surface area (Å²) in [5.41, 5.74) is 1.93. The number of ether oxygens (including phenoxy) is 1. The van der Waals surface area contributed by atoms with E-state index in [1.807, 2.05) is 14.0 Å². The Balaban J connectivity index is 1.39. The number of anilines is 1. The van der Waals surface area contributed by atoms with Crippen molar-refractivity contribution in [3.05, 3.63) is 50.1 Å². The highest BCUT2D eigenvalue weighted by Crippen LogP contribution is 2.44. The van der Waals surface area contributed by atoms with E-state index in [2.05, 4.69) is 42.4 Å². The number of halogens is 2. The van der Waals surface area contributed by atoms with Gasteiger partial charge >= 0.3 is 0 Å². The first-order chi connectivity index (χ1) is 17.5. The van der Waals surface area contributed by atoms with E-state index in [4.69, 9.17) is 27.9 Å². The van der Waals surface area contributed by atoms with Crippen molar-refractivity contribution in [2.75, 3.05) is 11.1 Å². The van der Waals surface area contributed by atoms with Crippen LogP contribution in [0.4, 0.5) is 5.00 Å². The van der Waals surface area contributed by atoms with Gasteiger partial charge in [0.25, 0.3) is 0 Å². The number of nitrogens with one attached hydrogen (secondary N) is 1. The highest BCUT2D eigenvalue weighted by molar-refractivity contribution is 7.99. The zero-order valence-electron chi connectivity index (χ0n) is 21.4. The Hall–Kier alpha value is -2.25. The average molecular weight is 579 g/mol. The van der Waals surface area contributed by atoms with Crippen molar-refractivity contribution in [1.29, 1.82) is 5.26 Å². The summed E-state index contributed by atoms with van der Waals surface area (Å²) in [6, 6.07) is 7.35. The van der Waals surface area contributed by atoms with Gasteiger partial charge in [0, 0.05) is 16.9 Å². The summed E-state index contributed by atoms with van der Waals surface area (Å²) < 4.78 is 7.74. The quantitative estimate of drug-likeness (QED) is 0.301. The van der Waals surface area contributed by atoms with E-state index in [0.717, 1.165) is 24.8 Å². The molecule has 0 fully saturated rings. The summed E-state index contributed by atoms with van der Waals surface area (Å²) in [6.07, 6.45) is 2.47. The lowest BCUT2D eigenvalue weighted by molar-refractivity contribution is -0.113. The van der Waals surface area contributed by atoms with Gasteiger partial charge in [0.1, 0.15) is 16.8 Å². The van der Waals surface area contributed by atoms with Gasteiger partial charge in [-0.15, -0.1) is 21.5 Å². The van der Waals surface area contributed by atoms with Crippen molar-refractivity contribution >= 4 is 57.2 Å². The Morgan fingerprint density at radius 2 is 2.14 bits per heavy atom. The van der Waals surface area contributed by atoms with Crippen molar-refractivity contribution in [2.24, 2.45) is 18.4 Å². The molecule has 0 saturated carbocycles. The van der Waals surface area contributed by atoms with Gasteiger partial charge in [-0.3, -0.25) is 4.79 Å². The molecule has 1 aliphatic carbocycles. The van der Waals surface area contributed by atoms with Crippen molar-refractivity contribution in [3.63, 3.8) is 0 Å². The average Bonchev–Trinajstić information content (AvgIpc) is 3.37. The van der Waals surface area contributed by atoms with Crippen LogP contribution >= 0.6 is 46.3 Å². The van der Waals surface area contributed by atoms with Crippen molar-refractivity contribution in [3.8, 4) is 11.8 Å². The van der Waals surface area contributed by atoms with Crippen molar-refractivity contribution in [2.45, 2.75) is 58.2 Å². The molecule has 3 aromatic rings. The minimum atomic E-state index is -0.424. The second kappa shape index (κ2) is 11.2. The highest BCUT2D eigenvalue weighted by Gasteiger charge is 2.32. The molecule has 7 nitrogen and oxygen atoms in total. The fourth-order valence-corrected chi connectivity index (χ4v) is 6.91. The summed E-state index contributed by atoms with van der Waals surface area (Å²) in [6.45, 7) is 8.64. The van der Waals surface area contributed by atoms with Crippen LogP contribution < -0.4 is 10.1 Å². The van der Waals surface area contributed by atoms with E-state index in [1.54, 1.807) is 22.8 Å². The fourth-order valence-electron chi connectivity index (χ4n) is 4.44. The lowest BCUT2D eigenvalue weighted by atomic mass is 9.72. The molecule has 0 spiro atoms. The molecule has 0 radical (unpaired) electrons. The first-order valence-corrected chi connectivity index (χ1v) is 14.5. The van der Waals surface area contributed by atoms with Crippen LogP contribution in [-0.4, -0.2) is 26.4 Å². The molecule has 2 unspecified atom stereocenters. The maximum Gasteiger partial charge on any atom is 0.235 e. The Morgan fingerprint density at radius 1 is 1.38 bits per heavy atom. The van der Waals surface area contributed by atoms with Gasteiger partial charge in [0.05, 0.1) is 16.3 Å². The summed E-state index contributed by atoms with van der Waals surface area (Å²) in [5, 5.41) is 23.4. The van der Waals surface area contributed by atoms with Crippen LogP contribution in [0.2, 0.25) is 10.0 Å². The maximum absolute atomic E-state index is 12.8. The monoisotopic (exact) mass is 577 g/mol. The van der Waals surface area contributed by atoms with Gasteiger partial charge < -0.3 is 14.6 Å². The third-order valence-electron chi connectivity index (χ3n) is 6.62. The molecule has 1 N–H and O–H groups in total. The lowest BCUT2D eigenvalue weighted by Gasteiger charge is -2.33. The standard InChI is InChI=1S/C26H29Cl2N5O2S2/c1-14(35-20-9-7-16(27)11-19(20)28)23-31-32-25(33(23)5)36-13-22(34)30-24-18(12-29)17-8-6-15(26(2,3)4)10-21(17)37-24/h7,9,11,14-15H,6,8,10,13H2,1-5H3,(H,30,34). The zero-order valence-corrected chi connectivity index (χ0v) is 24.5. The van der Waals surface area contributed by atoms with Gasteiger partial charge in [0.2, 0.25) is 5.91 Å². The molecule has 11 heteroatoms. The number of thiophene rings is 1. The number of carbonyl (C=O) groups excluding carboxylic acids is 1. The molecule has 2 aromatic heterocycles. The van der Waals surface area contributed by atoms with Gasteiger partial charge in [-0.25, -0.2) is 0 Å². The van der Waals surface area contributed by atoms with Gasteiger partial charge in [0.15, 0.2) is 17.1 Å². The third kappa shape index (κ3) is 6.26. The number of fused-ring (bicyclic) bond motifs is 1. The van der Waals surface area contributed by atoms with Crippen LogP contribution in [0.1, 0.15) is 62.0 Å². The summed E-state index contributed by atoms with van der Waals surface area (Å²) in [5.74, 6) is 1.61. The van der Waals surface area contributed by atoms with Crippen LogP contribution in [-0.2, 0) is 24.7 Å². The summed E-state index contributed by atoms with van der Waals surface area (Å²) in [7, 11) is 1.83. The van der Waals surface area contributed by atoms with Gasteiger partial charge in [-0.1, -0.05) is 55.7 Å². The minimum Gasteiger partial charge on any atom is -0.481 e. The predicted octanol–water partition coefficient (Wildman–Crippen LogP) is 7.08. The van der Waals surface area contributed by atoms with Crippen LogP contribution in [0, 0.1) is 22.7 Å². The fraction of sp³-hybridized carbons (Fsp3) is 0.462. The number of rotatable bonds is 7. The highest BCUT2D eigenvalue weighted by atomic mass is 35.5. The Kier molecular flexibility index (Phi) is 8.44. The van der Waals surface area contributed by atoms with Crippen molar-refractivity contribution in [1.82, 2.24) is 14.8 Å². The largest absolute Gasteiger partial charge is 0.481 e. The van der Waals surface area contributed by atoms with E-state index in [9.17, 15) is 10.1 Å². The Labute approximate surface area is 235 Å². The van der Waals surface area contributed by atoms with Crippen molar-refractivity contribution < 1.29 is 9.53 Å². The SMILES string of the molecule is CC(Oc1ccc(Cl)cc1Cl)c1nnc(SCC(=O)Nc2sc3c(c2C#N)CCC(C(C)(C)C)C3)n1C. The van der Waals surface area contributed by atoms with E-state index >= 15 is 0 Å². The molecule has 1 aromatic carbocycles. The number of thioether (sulfide) groups is 1. The topological polar surface area (TPSA) is 92.8 Å². The zero-order chi connectivity index (χ0) is 26.9. The molecule has 37 heavy (non-hydrogen) atoms. The van der Waals surface area contributed by atoms with E-state index < -0.39 is 6.10 Å². The molecule has 2 heterocycles. The summed E-state index contributed by atoms with van der Waals surface area (Å²) >= 11 is 15.0. The Morgan fingerprint density at radius 3 is 2.81 bits per heavy atom. The van der Waals surface area contributed by atoms with Crippen LogP contribution in [0.3, 0.4) is 0 Å². The number of hydrogen-bond acceptors (Lipinski definition) is 7. The second-order valence-electron chi connectivity index (χ2n) is 10.2. The summed E-state index contributed by atoms with van der Waals surface area (Å²) in [4.78, 5) is 14.0. The number of carbonyl (C=O) groups is 1. The molecule has 1 amide bonds. The van der Waals surface area contributed by atoms with Crippen LogP contribution in [0.25, 0.3) is 0 Å². The van der Waals surface area contributed by atoms with E-state index in [1.165, 1.54) is 28.0 Å². The molecular formula is C26H29Cl2N5O2S2. The molecule has 1 aliphatic rings. The predicted molar refractivity (Wildman–Crippen MR) is 150 cm³/mol. The molecule has 4 rings (SSSR count). The van der Waals surface area contributed by atoms with Gasteiger partial charge in [-0.05, 0) is 61.3 Å². The molecule has 196 valence electrons. The smallest absolute Gasteiger partial charge is 0.235 e. The second-order valence-corrected chi connectivity index (χ2v) is 13.1. The number of aromatic nitrogens is 3. The van der Waals surface area contributed by atoms with Crippen LogP contribution in [0.15, 0.2) is 23.4 Å². The number of amides is 1. The number of benzene rings is 1. The van der Waals surface area contributed by atoms with E-state index in [-0.39, 0.29) is 17.1 Å². The molecule has 0 bridgehead atoms. The lowest BCUT2D eigenvalue weighted by Crippen LogP contribution is -2.26.